The van der Waals surface area contributed by atoms with E-state index in [9.17, 15) is 4.79 Å². The number of ether oxygens (including phenoxy) is 1. The highest BCUT2D eigenvalue weighted by Crippen LogP contribution is 2.33. The number of nitrogens with one attached hydrogen (secondary N) is 3. The number of carbonyl (C=O) groups is 1. The molecule has 1 aromatic carbocycles. The maximum atomic E-state index is 12.6. The molecule has 116 valence electrons. The number of hydrogen-bond donors (Lipinski definition) is 3. The maximum absolute atomic E-state index is 12.6. The topological polar surface area (TPSA) is 62.4 Å². The van der Waals surface area contributed by atoms with Crippen LogP contribution in [0.5, 0.6) is 5.75 Å². The third-order valence-corrected chi connectivity index (χ3v) is 4.10. The van der Waals surface area contributed by atoms with Gasteiger partial charge in [0.05, 0.1) is 18.7 Å². The lowest BCUT2D eigenvalue weighted by Crippen LogP contribution is -2.47. The summed E-state index contributed by atoms with van der Waals surface area (Å²) in [4.78, 5) is 12.6. The summed E-state index contributed by atoms with van der Waals surface area (Å²) in [6.07, 6.45) is 2.10. The van der Waals surface area contributed by atoms with Crippen molar-refractivity contribution in [3.63, 3.8) is 0 Å². The summed E-state index contributed by atoms with van der Waals surface area (Å²) in [5.74, 6) is 0.674. The number of benzene rings is 1. The van der Waals surface area contributed by atoms with Crippen molar-refractivity contribution in [2.75, 3.05) is 7.11 Å². The van der Waals surface area contributed by atoms with Gasteiger partial charge in [-0.25, -0.2) is 0 Å². The zero-order valence-corrected chi connectivity index (χ0v) is 13.4. The molecule has 1 aromatic rings. The second-order valence-electron chi connectivity index (χ2n) is 5.56. The molecule has 3 N–H and O–H groups in total. The summed E-state index contributed by atoms with van der Waals surface area (Å²) in [6, 6.07) is 7.65. The van der Waals surface area contributed by atoms with Crippen LogP contribution in [-0.4, -0.2) is 24.2 Å². The number of carbonyl (C=O) groups excluding carboxylic acids is 1. The second-order valence-corrected chi connectivity index (χ2v) is 5.97. The molecule has 3 rings (SSSR count). The van der Waals surface area contributed by atoms with E-state index >= 15 is 0 Å². The Kier molecular flexibility index (Phi) is 4.02. The molecule has 0 radical (unpaired) electrons. The Hall–Kier alpha value is -2.08. The highest BCUT2D eigenvalue weighted by atomic mass is 32.1. The van der Waals surface area contributed by atoms with Crippen molar-refractivity contribution in [3.05, 3.63) is 41.1 Å². The van der Waals surface area contributed by atoms with Gasteiger partial charge >= 0.3 is 0 Å². The summed E-state index contributed by atoms with van der Waals surface area (Å²) >= 11 is 5.25. The van der Waals surface area contributed by atoms with Crippen LogP contribution in [-0.2, 0) is 4.79 Å². The van der Waals surface area contributed by atoms with Gasteiger partial charge in [0.15, 0.2) is 5.11 Å². The standard InChI is InChI=1S/C16H19N3O2S/c1-9-13(15(20)18-10-7-8-10)14(19-16(22)17-9)11-5-3-4-6-12(11)21-2/h3-6,10,14H,7-8H2,1-2H3,(H,18,20)(H2,17,19,22)/t14-/m1/s1. The van der Waals surface area contributed by atoms with E-state index in [0.29, 0.717) is 16.7 Å². The van der Waals surface area contributed by atoms with Crippen molar-refractivity contribution >= 4 is 23.2 Å². The van der Waals surface area contributed by atoms with Crippen LogP contribution in [0.15, 0.2) is 35.5 Å². The largest absolute Gasteiger partial charge is 0.496 e. The molecule has 0 saturated heterocycles. The summed E-state index contributed by atoms with van der Waals surface area (Å²) in [7, 11) is 1.62. The summed E-state index contributed by atoms with van der Waals surface area (Å²) in [5, 5.41) is 9.78. The minimum atomic E-state index is -0.316. The van der Waals surface area contributed by atoms with E-state index in [1.807, 2.05) is 31.2 Å². The molecule has 1 saturated carbocycles. The van der Waals surface area contributed by atoms with Crippen molar-refractivity contribution in [3.8, 4) is 5.75 Å². The first-order valence-electron chi connectivity index (χ1n) is 7.32. The number of thiocarbonyl (C=S) groups is 1. The van der Waals surface area contributed by atoms with Crippen LogP contribution in [0.25, 0.3) is 0 Å². The SMILES string of the molecule is COc1ccccc1[C@H]1NC(=S)NC(C)=C1C(=O)NC1CC1. The monoisotopic (exact) mass is 317 g/mol. The Balaban J connectivity index is 1.99. The lowest BCUT2D eigenvalue weighted by Gasteiger charge is -2.31. The van der Waals surface area contributed by atoms with Crippen molar-refractivity contribution in [1.82, 2.24) is 16.0 Å². The first-order chi connectivity index (χ1) is 10.6. The number of para-hydroxylation sites is 1. The Morgan fingerprint density at radius 1 is 1.36 bits per heavy atom. The van der Waals surface area contributed by atoms with E-state index in [1.165, 1.54) is 0 Å². The van der Waals surface area contributed by atoms with Crippen LogP contribution in [0.2, 0.25) is 0 Å². The molecule has 1 aliphatic carbocycles. The molecular formula is C16H19N3O2S. The average Bonchev–Trinajstić information content (AvgIpc) is 3.30. The van der Waals surface area contributed by atoms with E-state index < -0.39 is 0 Å². The van der Waals surface area contributed by atoms with Gasteiger partial charge in [0.1, 0.15) is 5.75 Å². The third-order valence-electron chi connectivity index (χ3n) is 3.88. The first kappa shape index (κ1) is 14.8. The van der Waals surface area contributed by atoms with Gasteiger partial charge in [0.2, 0.25) is 0 Å². The van der Waals surface area contributed by atoms with Crippen molar-refractivity contribution in [1.29, 1.82) is 0 Å². The van der Waals surface area contributed by atoms with Crippen LogP contribution in [0, 0.1) is 0 Å². The molecule has 1 fully saturated rings. The molecule has 0 spiro atoms. The van der Waals surface area contributed by atoms with Gasteiger partial charge in [-0.2, -0.15) is 0 Å². The minimum Gasteiger partial charge on any atom is -0.496 e. The van der Waals surface area contributed by atoms with Crippen LogP contribution >= 0.6 is 12.2 Å². The predicted octanol–water partition coefficient (Wildman–Crippen LogP) is 1.77. The van der Waals surface area contributed by atoms with Gasteiger partial charge in [-0.05, 0) is 38.0 Å². The lowest BCUT2D eigenvalue weighted by atomic mass is 9.94. The van der Waals surface area contributed by atoms with Crippen LogP contribution in [0.4, 0.5) is 0 Å². The molecule has 1 heterocycles. The van der Waals surface area contributed by atoms with Gasteiger partial charge in [-0.15, -0.1) is 0 Å². The number of amides is 1. The smallest absolute Gasteiger partial charge is 0.251 e. The van der Waals surface area contributed by atoms with Gasteiger partial charge < -0.3 is 20.7 Å². The van der Waals surface area contributed by atoms with Crippen LogP contribution < -0.4 is 20.7 Å². The fourth-order valence-corrected chi connectivity index (χ4v) is 2.89. The third kappa shape index (κ3) is 2.92. The number of hydrogen-bond acceptors (Lipinski definition) is 3. The zero-order chi connectivity index (χ0) is 15.7. The molecule has 1 amide bonds. The summed E-state index contributed by atoms with van der Waals surface area (Å²) in [5.41, 5.74) is 2.33. The predicted molar refractivity (Wildman–Crippen MR) is 88.5 cm³/mol. The molecular weight excluding hydrogens is 298 g/mol. The Morgan fingerprint density at radius 2 is 2.09 bits per heavy atom. The van der Waals surface area contributed by atoms with Gasteiger partial charge in [0, 0.05) is 17.3 Å². The molecule has 1 atom stereocenters. The van der Waals surface area contributed by atoms with Crippen molar-refractivity contribution in [2.24, 2.45) is 0 Å². The molecule has 0 aromatic heterocycles. The Morgan fingerprint density at radius 3 is 2.77 bits per heavy atom. The second kappa shape index (κ2) is 5.96. The number of rotatable bonds is 4. The van der Waals surface area contributed by atoms with E-state index in [0.717, 1.165) is 29.9 Å². The minimum absolute atomic E-state index is 0.0570. The van der Waals surface area contributed by atoms with Crippen molar-refractivity contribution < 1.29 is 9.53 Å². The van der Waals surface area contributed by atoms with E-state index in [-0.39, 0.29) is 11.9 Å². The molecule has 22 heavy (non-hydrogen) atoms. The quantitative estimate of drug-likeness (QED) is 0.739. The molecule has 1 aliphatic heterocycles. The molecule has 2 aliphatic rings. The summed E-state index contributed by atoms with van der Waals surface area (Å²) in [6.45, 7) is 1.87. The molecule has 6 heteroatoms. The first-order valence-corrected chi connectivity index (χ1v) is 7.73. The number of methoxy groups -OCH3 is 1. The average molecular weight is 317 g/mol. The highest BCUT2D eigenvalue weighted by molar-refractivity contribution is 7.80. The maximum Gasteiger partial charge on any atom is 0.251 e. The highest BCUT2D eigenvalue weighted by Gasteiger charge is 2.34. The molecule has 0 unspecified atom stereocenters. The Bertz CT molecular complexity index is 653. The zero-order valence-electron chi connectivity index (χ0n) is 12.6. The molecule has 5 nitrogen and oxygen atoms in total. The fraction of sp³-hybridized carbons (Fsp3) is 0.375. The van der Waals surface area contributed by atoms with Crippen LogP contribution in [0.3, 0.4) is 0 Å². The normalized spacial score (nSPS) is 21.0. The van der Waals surface area contributed by atoms with Crippen LogP contribution in [0.1, 0.15) is 31.4 Å². The van der Waals surface area contributed by atoms with E-state index in [1.54, 1.807) is 7.11 Å². The van der Waals surface area contributed by atoms with E-state index in [2.05, 4.69) is 16.0 Å². The lowest BCUT2D eigenvalue weighted by molar-refractivity contribution is -0.118. The number of allylic oxidation sites excluding steroid dienone is 1. The Labute approximate surface area is 135 Å². The summed E-state index contributed by atoms with van der Waals surface area (Å²) < 4.78 is 5.43. The van der Waals surface area contributed by atoms with Gasteiger partial charge in [-0.1, -0.05) is 18.2 Å². The van der Waals surface area contributed by atoms with Gasteiger partial charge in [0.25, 0.3) is 5.91 Å². The van der Waals surface area contributed by atoms with E-state index in [4.69, 9.17) is 17.0 Å². The molecule has 0 bridgehead atoms. The fourth-order valence-electron chi connectivity index (χ4n) is 2.62. The van der Waals surface area contributed by atoms with Crippen molar-refractivity contribution in [2.45, 2.75) is 31.8 Å². The van der Waals surface area contributed by atoms with Gasteiger partial charge in [-0.3, -0.25) is 4.79 Å².